The van der Waals surface area contributed by atoms with Gasteiger partial charge in [0, 0.05) is 36.8 Å². The molecule has 0 spiro atoms. The van der Waals surface area contributed by atoms with Crippen LogP contribution < -0.4 is 0 Å². The quantitative estimate of drug-likeness (QED) is 0.727. The van der Waals surface area contributed by atoms with Gasteiger partial charge in [-0.25, -0.2) is 14.4 Å². The number of nitrogens with zero attached hydrogens (tertiary/aromatic N) is 3. The zero-order chi connectivity index (χ0) is 16.5. The Balaban J connectivity index is 1.57. The number of hydrogen-bond donors (Lipinski definition) is 0. The number of aromatic nitrogens is 2. The number of fused-ring (bicyclic) bond motifs is 1. The van der Waals surface area contributed by atoms with Crippen LogP contribution in [0, 0.1) is 5.82 Å². The fraction of sp³-hybridized carbons (Fsp3) is 0.167. The van der Waals surface area contributed by atoms with E-state index in [9.17, 15) is 9.18 Å². The molecule has 0 unspecified atom stereocenters. The number of furan rings is 1. The van der Waals surface area contributed by atoms with Crippen LogP contribution in [-0.4, -0.2) is 27.3 Å². The van der Waals surface area contributed by atoms with Crippen LogP contribution in [0.5, 0.6) is 0 Å². The van der Waals surface area contributed by atoms with Crippen molar-refractivity contribution in [2.75, 3.05) is 6.54 Å². The summed E-state index contributed by atoms with van der Waals surface area (Å²) in [6.07, 6.45) is 3.88. The van der Waals surface area contributed by atoms with Gasteiger partial charge in [-0.2, -0.15) is 0 Å². The molecule has 0 N–H and O–H groups in total. The molecular formula is C18H14FN3O2. The van der Waals surface area contributed by atoms with Gasteiger partial charge in [0.2, 0.25) is 0 Å². The molecule has 0 fully saturated rings. The third-order valence-corrected chi connectivity index (χ3v) is 4.06. The van der Waals surface area contributed by atoms with Crippen molar-refractivity contribution in [3.8, 4) is 11.4 Å². The fourth-order valence-corrected chi connectivity index (χ4v) is 2.78. The molecule has 0 saturated carbocycles. The van der Waals surface area contributed by atoms with Crippen LogP contribution in [0.1, 0.15) is 21.8 Å². The highest BCUT2D eigenvalue weighted by molar-refractivity contribution is 5.91. The summed E-state index contributed by atoms with van der Waals surface area (Å²) in [6.45, 7) is 1.03. The van der Waals surface area contributed by atoms with Crippen molar-refractivity contribution < 1.29 is 13.6 Å². The molecule has 4 rings (SSSR count). The average molecular weight is 323 g/mol. The SMILES string of the molecule is O=C(c1ccco1)N1CCc2nc(-c3ccc(F)cc3)ncc2C1. The van der Waals surface area contributed by atoms with Crippen molar-refractivity contribution in [1.82, 2.24) is 14.9 Å². The summed E-state index contributed by atoms with van der Waals surface area (Å²) in [5.41, 5.74) is 2.62. The molecule has 1 aliphatic heterocycles. The Bertz CT molecular complexity index is 876. The molecule has 1 aliphatic rings. The van der Waals surface area contributed by atoms with Crippen molar-refractivity contribution in [3.63, 3.8) is 0 Å². The van der Waals surface area contributed by atoms with Gasteiger partial charge < -0.3 is 9.32 Å². The lowest BCUT2D eigenvalue weighted by molar-refractivity contribution is 0.0701. The Morgan fingerprint density at radius 1 is 1.21 bits per heavy atom. The molecule has 0 atom stereocenters. The molecule has 0 bridgehead atoms. The van der Waals surface area contributed by atoms with Crippen molar-refractivity contribution in [2.45, 2.75) is 13.0 Å². The maximum atomic E-state index is 13.0. The summed E-state index contributed by atoms with van der Waals surface area (Å²) in [7, 11) is 0. The van der Waals surface area contributed by atoms with Gasteiger partial charge in [-0.05, 0) is 36.4 Å². The van der Waals surface area contributed by atoms with Gasteiger partial charge in [0.1, 0.15) is 5.82 Å². The van der Waals surface area contributed by atoms with Crippen molar-refractivity contribution in [3.05, 3.63) is 71.7 Å². The molecule has 1 aromatic carbocycles. The molecule has 3 aromatic rings. The minimum atomic E-state index is -0.288. The van der Waals surface area contributed by atoms with E-state index in [1.54, 1.807) is 35.4 Å². The summed E-state index contributed by atoms with van der Waals surface area (Å²) in [5, 5.41) is 0. The number of carbonyl (C=O) groups is 1. The Labute approximate surface area is 137 Å². The van der Waals surface area contributed by atoms with Crippen molar-refractivity contribution >= 4 is 5.91 Å². The predicted octanol–water partition coefficient (Wildman–Crippen LogP) is 3.07. The second kappa shape index (κ2) is 5.88. The largest absolute Gasteiger partial charge is 0.459 e. The molecule has 2 aromatic heterocycles. The van der Waals surface area contributed by atoms with Gasteiger partial charge in [-0.15, -0.1) is 0 Å². The lowest BCUT2D eigenvalue weighted by Gasteiger charge is -2.27. The van der Waals surface area contributed by atoms with E-state index in [1.807, 2.05) is 0 Å². The van der Waals surface area contributed by atoms with Gasteiger partial charge in [0.05, 0.1) is 12.0 Å². The molecule has 0 radical (unpaired) electrons. The van der Waals surface area contributed by atoms with E-state index in [-0.39, 0.29) is 11.7 Å². The molecular weight excluding hydrogens is 309 g/mol. The monoisotopic (exact) mass is 323 g/mol. The first-order valence-corrected chi connectivity index (χ1v) is 7.64. The van der Waals surface area contributed by atoms with Gasteiger partial charge >= 0.3 is 0 Å². The molecule has 3 heterocycles. The van der Waals surface area contributed by atoms with Crippen LogP contribution in [-0.2, 0) is 13.0 Å². The van der Waals surface area contributed by atoms with E-state index >= 15 is 0 Å². The van der Waals surface area contributed by atoms with E-state index in [2.05, 4.69) is 9.97 Å². The normalized spacial score (nSPS) is 13.6. The molecule has 5 nitrogen and oxygen atoms in total. The summed E-state index contributed by atoms with van der Waals surface area (Å²) in [6, 6.07) is 9.46. The smallest absolute Gasteiger partial charge is 0.289 e. The lowest BCUT2D eigenvalue weighted by Crippen LogP contribution is -2.36. The first-order chi connectivity index (χ1) is 11.7. The van der Waals surface area contributed by atoms with Crippen molar-refractivity contribution in [1.29, 1.82) is 0 Å². The molecule has 24 heavy (non-hydrogen) atoms. The Hall–Kier alpha value is -3.02. The molecule has 0 aliphatic carbocycles. The van der Waals surface area contributed by atoms with Gasteiger partial charge in [0.25, 0.3) is 5.91 Å². The minimum Gasteiger partial charge on any atom is -0.459 e. The van der Waals surface area contributed by atoms with Crippen molar-refractivity contribution in [2.24, 2.45) is 0 Å². The third-order valence-electron chi connectivity index (χ3n) is 4.06. The highest BCUT2D eigenvalue weighted by Gasteiger charge is 2.24. The zero-order valence-electron chi connectivity index (χ0n) is 12.8. The summed E-state index contributed by atoms with van der Waals surface area (Å²) < 4.78 is 18.2. The van der Waals surface area contributed by atoms with Crippen LogP contribution in [0.3, 0.4) is 0 Å². The average Bonchev–Trinajstić information content (AvgIpc) is 3.15. The summed E-state index contributed by atoms with van der Waals surface area (Å²) in [4.78, 5) is 23.0. The zero-order valence-corrected chi connectivity index (χ0v) is 12.8. The summed E-state index contributed by atoms with van der Waals surface area (Å²) >= 11 is 0. The van der Waals surface area contributed by atoms with E-state index in [4.69, 9.17) is 4.42 Å². The van der Waals surface area contributed by atoms with E-state index in [0.29, 0.717) is 31.1 Å². The first-order valence-electron chi connectivity index (χ1n) is 7.64. The van der Waals surface area contributed by atoms with E-state index in [0.717, 1.165) is 16.8 Å². The number of carbonyl (C=O) groups excluding carboxylic acids is 1. The van der Waals surface area contributed by atoms with Gasteiger partial charge in [-0.3, -0.25) is 4.79 Å². The molecule has 120 valence electrons. The molecule has 0 saturated heterocycles. The van der Waals surface area contributed by atoms with E-state index in [1.165, 1.54) is 18.4 Å². The third kappa shape index (κ3) is 2.67. The maximum absolute atomic E-state index is 13.0. The van der Waals surface area contributed by atoms with Gasteiger partial charge in [-0.1, -0.05) is 0 Å². The second-order valence-electron chi connectivity index (χ2n) is 5.63. The first kappa shape index (κ1) is 14.6. The molecule has 1 amide bonds. The topological polar surface area (TPSA) is 59.2 Å². The fourth-order valence-electron chi connectivity index (χ4n) is 2.78. The number of amides is 1. The van der Waals surface area contributed by atoms with E-state index < -0.39 is 0 Å². The van der Waals surface area contributed by atoms with Crippen LogP contribution in [0.15, 0.2) is 53.3 Å². The number of benzene rings is 1. The number of hydrogen-bond acceptors (Lipinski definition) is 4. The summed E-state index contributed by atoms with van der Waals surface area (Å²) in [5.74, 6) is 0.485. The van der Waals surface area contributed by atoms with Crippen LogP contribution >= 0.6 is 0 Å². The molecule has 6 heteroatoms. The second-order valence-corrected chi connectivity index (χ2v) is 5.63. The lowest BCUT2D eigenvalue weighted by atomic mass is 10.1. The highest BCUT2D eigenvalue weighted by atomic mass is 19.1. The Morgan fingerprint density at radius 2 is 2.04 bits per heavy atom. The predicted molar refractivity (Wildman–Crippen MR) is 84.6 cm³/mol. The number of rotatable bonds is 2. The van der Waals surface area contributed by atoms with Crippen LogP contribution in [0.4, 0.5) is 4.39 Å². The van der Waals surface area contributed by atoms with Gasteiger partial charge in [0.15, 0.2) is 11.6 Å². The number of halogens is 1. The minimum absolute atomic E-state index is 0.131. The highest BCUT2D eigenvalue weighted by Crippen LogP contribution is 2.22. The Kier molecular flexibility index (Phi) is 3.57. The maximum Gasteiger partial charge on any atom is 0.289 e. The van der Waals surface area contributed by atoms with Crippen LogP contribution in [0.2, 0.25) is 0 Å². The Morgan fingerprint density at radius 3 is 2.79 bits per heavy atom. The van der Waals surface area contributed by atoms with Crippen LogP contribution in [0.25, 0.3) is 11.4 Å². The standard InChI is InChI=1S/C18H14FN3O2/c19-14-5-3-12(4-6-14)17-20-10-13-11-22(8-7-15(13)21-17)18(23)16-2-1-9-24-16/h1-6,9-10H,7-8,11H2.